The van der Waals surface area contributed by atoms with Gasteiger partial charge in [0.2, 0.25) is 5.91 Å². The highest BCUT2D eigenvalue weighted by atomic mass is 16.2. The van der Waals surface area contributed by atoms with Crippen LogP contribution in [0.4, 0.5) is 4.79 Å². The van der Waals surface area contributed by atoms with Gasteiger partial charge in [0.05, 0.1) is 0 Å². The summed E-state index contributed by atoms with van der Waals surface area (Å²) in [5.41, 5.74) is 2.12. The Balaban J connectivity index is 1.27. The highest BCUT2D eigenvalue weighted by molar-refractivity contribution is 6.04. The number of aromatic amines is 1. The number of benzene rings is 1. The van der Waals surface area contributed by atoms with Gasteiger partial charge < -0.3 is 15.6 Å². The summed E-state index contributed by atoms with van der Waals surface area (Å²) in [6.45, 7) is 2.51. The highest BCUT2D eigenvalue weighted by Crippen LogP contribution is 2.24. The molecular formula is C23H30N4O3. The molecule has 2 aliphatic rings. The molecule has 3 atom stereocenters. The van der Waals surface area contributed by atoms with Gasteiger partial charge in [-0.3, -0.25) is 14.5 Å². The van der Waals surface area contributed by atoms with Gasteiger partial charge in [-0.05, 0) is 43.2 Å². The van der Waals surface area contributed by atoms with Crippen molar-refractivity contribution in [1.82, 2.24) is 20.5 Å². The molecule has 2 fully saturated rings. The van der Waals surface area contributed by atoms with Crippen molar-refractivity contribution in [2.75, 3.05) is 6.54 Å². The quantitative estimate of drug-likeness (QED) is 0.612. The summed E-state index contributed by atoms with van der Waals surface area (Å²) in [4.78, 5) is 41.8. The van der Waals surface area contributed by atoms with Crippen molar-refractivity contribution in [2.24, 2.45) is 5.92 Å². The van der Waals surface area contributed by atoms with Crippen LogP contribution in [0.3, 0.4) is 0 Å². The minimum atomic E-state index is -0.616. The lowest BCUT2D eigenvalue weighted by atomic mass is 9.86. The molecule has 0 radical (unpaired) electrons. The predicted octanol–water partition coefficient (Wildman–Crippen LogP) is 3.11. The van der Waals surface area contributed by atoms with E-state index in [9.17, 15) is 14.4 Å². The van der Waals surface area contributed by atoms with Gasteiger partial charge in [0.15, 0.2) is 0 Å². The van der Waals surface area contributed by atoms with E-state index < -0.39 is 6.04 Å². The molecule has 1 saturated carbocycles. The molecule has 1 saturated heterocycles. The second-order valence-electron chi connectivity index (χ2n) is 8.58. The Morgan fingerprint density at radius 1 is 1.20 bits per heavy atom. The third kappa shape index (κ3) is 4.35. The Morgan fingerprint density at radius 2 is 2.00 bits per heavy atom. The van der Waals surface area contributed by atoms with Crippen molar-refractivity contribution < 1.29 is 14.4 Å². The lowest BCUT2D eigenvalue weighted by molar-refractivity contribution is -0.127. The number of nitrogens with zero attached hydrogens (tertiary/aromatic N) is 1. The van der Waals surface area contributed by atoms with E-state index in [1.165, 1.54) is 11.3 Å². The van der Waals surface area contributed by atoms with Crippen LogP contribution >= 0.6 is 0 Å². The summed E-state index contributed by atoms with van der Waals surface area (Å²) >= 11 is 0. The monoisotopic (exact) mass is 410 g/mol. The number of hydrogen-bond acceptors (Lipinski definition) is 3. The zero-order valence-corrected chi connectivity index (χ0v) is 17.4. The number of imide groups is 1. The number of carbonyl (C=O) groups is 3. The van der Waals surface area contributed by atoms with E-state index in [4.69, 9.17) is 0 Å². The molecule has 7 heteroatoms. The third-order valence-electron chi connectivity index (χ3n) is 6.50. The van der Waals surface area contributed by atoms with Crippen LogP contribution in [0, 0.1) is 5.92 Å². The van der Waals surface area contributed by atoms with Gasteiger partial charge in [0.25, 0.3) is 5.91 Å². The predicted molar refractivity (Wildman–Crippen MR) is 115 cm³/mol. The summed E-state index contributed by atoms with van der Waals surface area (Å²) in [5.74, 6) is 0.224. The molecule has 1 aliphatic carbocycles. The molecule has 4 amide bonds. The molecule has 1 aliphatic heterocycles. The molecule has 4 rings (SSSR count). The number of carbonyl (C=O) groups excluding carboxylic acids is 3. The Labute approximate surface area is 176 Å². The van der Waals surface area contributed by atoms with Gasteiger partial charge in [-0.25, -0.2) is 4.79 Å². The normalized spacial score (nSPS) is 24.3. The number of hydrogen-bond donors (Lipinski definition) is 3. The molecule has 0 bridgehead atoms. The maximum absolute atomic E-state index is 12.7. The first kappa shape index (κ1) is 20.4. The van der Waals surface area contributed by atoms with Crippen molar-refractivity contribution in [3.8, 4) is 0 Å². The lowest BCUT2D eigenvalue weighted by Crippen LogP contribution is -2.41. The summed E-state index contributed by atoms with van der Waals surface area (Å²) in [6.07, 6.45) is 7.65. The fourth-order valence-corrected chi connectivity index (χ4v) is 4.64. The van der Waals surface area contributed by atoms with Crippen LogP contribution in [0.1, 0.15) is 51.0 Å². The highest BCUT2D eigenvalue weighted by Gasteiger charge is 2.37. The summed E-state index contributed by atoms with van der Waals surface area (Å²) in [6, 6.07) is 7.22. The molecule has 0 spiro atoms. The molecule has 1 aromatic carbocycles. The van der Waals surface area contributed by atoms with E-state index in [0.717, 1.165) is 35.7 Å². The average Bonchev–Trinajstić information content (AvgIpc) is 3.27. The molecule has 30 heavy (non-hydrogen) atoms. The first-order valence-corrected chi connectivity index (χ1v) is 11.0. The fraction of sp³-hybridized carbons (Fsp3) is 0.522. The van der Waals surface area contributed by atoms with Gasteiger partial charge >= 0.3 is 6.03 Å². The number of aromatic nitrogens is 1. The number of para-hydroxylation sites is 1. The van der Waals surface area contributed by atoms with Crippen LogP contribution < -0.4 is 10.6 Å². The van der Waals surface area contributed by atoms with Crippen molar-refractivity contribution in [1.29, 1.82) is 0 Å². The Bertz CT molecular complexity index is 937. The van der Waals surface area contributed by atoms with Gasteiger partial charge in [-0.2, -0.15) is 0 Å². The fourth-order valence-electron chi connectivity index (χ4n) is 4.64. The second kappa shape index (κ2) is 8.90. The minimum Gasteiger partial charge on any atom is -0.361 e. The number of nitrogens with one attached hydrogen (secondary N) is 3. The Morgan fingerprint density at radius 3 is 2.83 bits per heavy atom. The van der Waals surface area contributed by atoms with Gasteiger partial charge in [-0.15, -0.1) is 0 Å². The van der Waals surface area contributed by atoms with Crippen molar-refractivity contribution in [3.63, 3.8) is 0 Å². The number of amides is 4. The van der Waals surface area contributed by atoms with Gasteiger partial charge in [0, 0.05) is 36.1 Å². The first-order chi connectivity index (χ1) is 14.5. The SMILES string of the molecule is C[C@@H]1CCCC[C@H]1NC(=O)CC[C@H]1NC(=O)N(CCc2c[nH]c3ccccc23)C1=O. The van der Waals surface area contributed by atoms with Crippen molar-refractivity contribution in [2.45, 2.75) is 64.0 Å². The molecule has 3 N–H and O–H groups in total. The van der Waals surface area contributed by atoms with Gasteiger partial charge in [-0.1, -0.05) is 38.0 Å². The molecular weight excluding hydrogens is 380 g/mol. The standard InChI is InChI=1S/C23H30N4O3/c1-15-6-2-4-8-18(15)25-21(28)11-10-20-22(29)27(23(30)26-20)13-12-16-14-24-19-9-5-3-7-17(16)19/h3,5,7,9,14-15,18,20,24H,2,4,6,8,10-13H2,1H3,(H,25,28)(H,26,30)/t15-,18-,20-/m1/s1. The maximum Gasteiger partial charge on any atom is 0.324 e. The van der Waals surface area contributed by atoms with Crippen LogP contribution in [0.2, 0.25) is 0 Å². The zero-order chi connectivity index (χ0) is 21.1. The van der Waals surface area contributed by atoms with E-state index in [-0.39, 0.29) is 30.3 Å². The number of H-pyrrole nitrogens is 1. The number of urea groups is 1. The van der Waals surface area contributed by atoms with Crippen LogP contribution in [0.15, 0.2) is 30.5 Å². The summed E-state index contributed by atoms with van der Waals surface area (Å²) < 4.78 is 0. The van der Waals surface area contributed by atoms with E-state index >= 15 is 0 Å². The molecule has 2 aromatic rings. The molecule has 1 aromatic heterocycles. The molecule has 7 nitrogen and oxygen atoms in total. The number of fused-ring (bicyclic) bond motifs is 1. The largest absolute Gasteiger partial charge is 0.361 e. The summed E-state index contributed by atoms with van der Waals surface area (Å²) in [7, 11) is 0. The number of rotatable bonds is 7. The van der Waals surface area contributed by atoms with Crippen LogP contribution in [-0.2, 0) is 16.0 Å². The smallest absolute Gasteiger partial charge is 0.324 e. The van der Waals surface area contributed by atoms with Crippen LogP contribution in [0.25, 0.3) is 10.9 Å². The van der Waals surface area contributed by atoms with E-state index in [1.54, 1.807) is 0 Å². The third-order valence-corrected chi connectivity index (χ3v) is 6.50. The molecule has 0 unspecified atom stereocenters. The molecule has 160 valence electrons. The van der Waals surface area contributed by atoms with E-state index in [0.29, 0.717) is 25.3 Å². The van der Waals surface area contributed by atoms with Crippen LogP contribution in [0.5, 0.6) is 0 Å². The summed E-state index contributed by atoms with van der Waals surface area (Å²) in [5, 5.41) is 6.96. The lowest BCUT2D eigenvalue weighted by Gasteiger charge is -2.29. The average molecular weight is 411 g/mol. The minimum absolute atomic E-state index is 0.0342. The second-order valence-corrected chi connectivity index (χ2v) is 8.58. The van der Waals surface area contributed by atoms with Crippen LogP contribution in [-0.4, -0.2) is 46.4 Å². The Kier molecular flexibility index (Phi) is 6.06. The van der Waals surface area contributed by atoms with Crippen molar-refractivity contribution in [3.05, 3.63) is 36.0 Å². The van der Waals surface area contributed by atoms with E-state index in [1.807, 2.05) is 30.5 Å². The molecule has 2 heterocycles. The van der Waals surface area contributed by atoms with E-state index in [2.05, 4.69) is 22.5 Å². The Hall–Kier alpha value is -2.83. The maximum atomic E-state index is 12.7. The van der Waals surface area contributed by atoms with Gasteiger partial charge in [0.1, 0.15) is 6.04 Å². The topological polar surface area (TPSA) is 94.3 Å². The first-order valence-electron chi connectivity index (χ1n) is 11.0. The van der Waals surface area contributed by atoms with Crippen molar-refractivity contribution >= 4 is 28.7 Å². The zero-order valence-electron chi connectivity index (χ0n) is 17.4.